The van der Waals surface area contributed by atoms with Crippen LogP contribution in [0.5, 0.6) is 0 Å². The molecular formula is C27H29N3O2. The maximum Gasteiger partial charge on any atom is 0.225 e. The van der Waals surface area contributed by atoms with E-state index in [4.69, 9.17) is 4.98 Å². The molecule has 4 rings (SSSR count). The topological polar surface area (TPSA) is 75.1 Å². The molecule has 1 fully saturated rings. The van der Waals surface area contributed by atoms with Gasteiger partial charge in [-0.05, 0) is 36.0 Å². The number of aromatic nitrogens is 2. The molecule has 0 aliphatic heterocycles. The molecule has 0 atom stereocenters. The molecule has 1 amide bonds. The molecule has 2 aromatic carbocycles. The van der Waals surface area contributed by atoms with Crippen molar-refractivity contribution in [2.24, 2.45) is 5.92 Å². The SMILES string of the molecule is O=C(CC1CCCCC1)Nc1ncc(-c2ccc(CO)cc2)nc1/C=C/c1ccccc1. The zero-order valence-corrected chi connectivity index (χ0v) is 18.2. The molecule has 0 bridgehead atoms. The third-order valence-electron chi connectivity index (χ3n) is 5.92. The summed E-state index contributed by atoms with van der Waals surface area (Å²) >= 11 is 0. The van der Waals surface area contributed by atoms with Gasteiger partial charge in [-0.3, -0.25) is 4.79 Å². The zero-order valence-electron chi connectivity index (χ0n) is 18.2. The quantitative estimate of drug-likeness (QED) is 0.506. The maximum atomic E-state index is 12.7. The number of amides is 1. The van der Waals surface area contributed by atoms with E-state index in [2.05, 4.69) is 10.3 Å². The van der Waals surface area contributed by atoms with Crippen molar-refractivity contribution in [1.82, 2.24) is 9.97 Å². The van der Waals surface area contributed by atoms with Crippen molar-refractivity contribution < 1.29 is 9.90 Å². The first-order chi connectivity index (χ1) is 15.7. The molecule has 0 radical (unpaired) electrons. The summed E-state index contributed by atoms with van der Waals surface area (Å²) in [5.74, 6) is 0.943. The van der Waals surface area contributed by atoms with Crippen molar-refractivity contribution in [3.63, 3.8) is 0 Å². The number of hydrogen-bond donors (Lipinski definition) is 2. The van der Waals surface area contributed by atoms with Gasteiger partial charge in [-0.1, -0.05) is 79.9 Å². The predicted molar refractivity (Wildman–Crippen MR) is 129 cm³/mol. The van der Waals surface area contributed by atoms with Crippen LogP contribution >= 0.6 is 0 Å². The second kappa shape index (κ2) is 10.8. The van der Waals surface area contributed by atoms with Gasteiger partial charge in [0.2, 0.25) is 5.91 Å². The highest BCUT2D eigenvalue weighted by Crippen LogP contribution is 2.27. The van der Waals surface area contributed by atoms with E-state index in [1.807, 2.05) is 66.7 Å². The highest BCUT2D eigenvalue weighted by Gasteiger charge is 2.18. The smallest absolute Gasteiger partial charge is 0.225 e. The number of anilines is 1. The number of aliphatic hydroxyl groups is 1. The molecule has 32 heavy (non-hydrogen) atoms. The molecule has 0 spiro atoms. The summed E-state index contributed by atoms with van der Waals surface area (Å²) in [5.41, 5.74) is 4.13. The molecule has 3 aromatic rings. The van der Waals surface area contributed by atoms with E-state index in [-0.39, 0.29) is 12.5 Å². The van der Waals surface area contributed by atoms with E-state index in [1.165, 1.54) is 19.3 Å². The Morgan fingerprint density at radius 3 is 2.47 bits per heavy atom. The zero-order chi connectivity index (χ0) is 22.2. The lowest BCUT2D eigenvalue weighted by atomic mass is 9.87. The fraction of sp³-hybridized carbons (Fsp3) is 0.296. The molecule has 1 aliphatic carbocycles. The standard InChI is InChI=1S/C27H29N3O2/c31-19-22-11-14-23(15-12-22)25-18-28-27(30-26(32)17-21-9-5-2-6-10-21)24(29-25)16-13-20-7-3-1-4-8-20/h1,3-4,7-8,11-16,18,21,31H,2,5-6,9-10,17,19H2,(H,28,30,32)/b16-13+. The van der Waals surface area contributed by atoms with Crippen LogP contribution in [0, 0.1) is 5.92 Å². The number of carbonyl (C=O) groups excluding carboxylic acids is 1. The number of aliphatic hydroxyl groups excluding tert-OH is 1. The molecule has 1 heterocycles. The van der Waals surface area contributed by atoms with E-state index in [0.717, 1.165) is 29.5 Å². The fourth-order valence-electron chi connectivity index (χ4n) is 4.11. The summed E-state index contributed by atoms with van der Waals surface area (Å²) in [6.07, 6.45) is 12.0. The average Bonchev–Trinajstić information content (AvgIpc) is 2.84. The van der Waals surface area contributed by atoms with Gasteiger partial charge in [-0.15, -0.1) is 0 Å². The molecule has 0 unspecified atom stereocenters. The Labute approximate surface area is 189 Å². The van der Waals surface area contributed by atoms with Gasteiger partial charge in [-0.25, -0.2) is 9.97 Å². The summed E-state index contributed by atoms with van der Waals surface area (Å²) in [5, 5.41) is 12.3. The van der Waals surface area contributed by atoms with Crippen LogP contribution in [0.4, 0.5) is 5.82 Å². The van der Waals surface area contributed by atoms with E-state index in [1.54, 1.807) is 6.20 Å². The summed E-state index contributed by atoms with van der Waals surface area (Å²) in [7, 11) is 0. The number of nitrogens with one attached hydrogen (secondary N) is 1. The normalized spacial score (nSPS) is 14.5. The number of hydrogen-bond acceptors (Lipinski definition) is 4. The van der Waals surface area contributed by atoms with Gasteiger partial charge < -0.3 is 10.4 Å². The van der Waals surface area contributed by atoms with Crippen molar-refractivity contribution in [2.75, 3.05) is 5.32 Å². The van der Waals surface area contributed by atoms with E-state index in [0.29, 0.717) is 29.5 Å². The Hall–Kier alpha value is -3.31. The lowest BCUT2D eigenvalue weighted by Crippen LogP contribution is -2.19. The van der Waals surface area contributed by atoms with Crippen LogP contribution in [-0.2, 0) is 11.4 Å². The Balaban J connectivity index is 1.58. The van der Waals surface area contributed by atoms with Gasteiger partial charge in [0.25, 0.3) is 0 Å². The van der Waals surface area contributed by atoms with E-state index in [9.17, 15) is 9.90 Å². The number of rotatable bonds is 7. The molecule has 164 valence electrons. The average molecular weight is 428 g/mol. The maximum absolute atomic E-state index is 12.7. The van der Waals surface area contributed by atoms with E-state index < -0.39 is 0 Å². The van der Waals surface area contributed by atoms with Crippen molar-refractivity contribution in [1.29, 1.82) is 0 Å². The van der Waals surface area contributed by atoms with Gasteiger partial charge in [-0.2, -0.15) is 0 Å². The Morgan fingerprint density at radius 1 is 1.00 bits per heavy atom. The molecule has 0 saturated heterocycles. The van der Waals surface area contributed by atoms with Crippen LogP contribution < -0.4 is 5.32 Å². The fourth-order valence-corrected chi connectivity index (χ4v) is 4.11. The van der Waals surface area contributed by atoms with Crippen LogP contribution in [0.25, 0.3) is 23.4 Å². The number of carbonyl (C=O) groups is 1. The predicted octanol–water partition coefficient (Wildman–Crippen LogP) is 5.72. The summed E-state index contributed by atoms with van der Waals surface area (Å²) in [4.78, 5) is 22.0. The highest BCUT2D eigenvalue weighted by atomic mass is 16.3. The first-order valence-corrected chi connectivity index (χ1v) is 11.3. The van der Waals surface area contributed by atoms with Crippen LogP contribution in [0.2, 0.25) is 0 Å². The molecule has 1 saturated carbocycles. The first-order valence-electron chi connectivity index (χ1n) is 11.3. The minimum atomic E-state index is 0.000565. The van der Waals surface area contributed by atoms with Crippen molar-refractivity contribution in [2.45, 2.75) is 45.1 Å². The van der Waals surface area contributed by atoms with Gasteiger partial charge in [0.1, 0.15) is 5.69 Å². The Kier molecular flexibility index (Phi) is 7.41. The van der Waals surface area contributed by atoms with Crippen molar-refractivity contribution >= 4 is 23.9 Å². The molecule has 5 heteroatoms. The molecule has 1 aliphatic rings. The second-order valence-corrected chi connectivity index (χ2v) is 8.34. The summed E-state index contributed by atoms with van der Waals surface area (Å²) in [6.45, 7) is 0.00296. The number of benzene rings is 2. The van der Waals surface area contributed by atoms with Gasteiger partial charge >= 0.3 is 0 Å². The minimum Gasteiger partial charge on any atom is -0.392 e. The minimum absolute atomic E-state index is 0.000565. The molecule has 2 N–H and O–H groups in total. The first kappa shape index (κ1) is 21.9. The Bertz CT molecular complexity index is 1060. The lowest BCUT2D eigenvalue weighted by molar-refractivity contribution is -0.117. The Morgan fingerprint density at radius 2 is 1.75 bits per heavy atom. The van der Waals surface area contributed by atoms with Crippen LogP contribution in [0.3, 0.4) is 0 Å². The van der Waals surface area contributed by atoms with Crippen LogP contribution in [0.1, 0.15) is 55.3 Å². The van der Waals surface area contributed by atoms with Gasteiger partial charge in [0, 0.05) is 12.0 Å². The second-order valence-electron chi connectivity index (χ2n) is 8.34. The molecular weight excluding hydrogens is 398 g/mol. The van der Waals surface area contributed by atoms with Crippen LogP contribution in [0.15, 0.2) is 60.8 Å². The van der Waals surface area contributed by atoms with Gasteiger partial charge in [0.05, 0.1) is 18.5 Å². The largest absolute Gasteiger partial charge is 0.392 e. The monoisotopic (exact) mass is 427 g/mol. The van der Waals surface area contributed by atoms with Crippen LogP contribution in [-0.4, -0.2) is 21.0 Å². The number of nitrogens with zero attached hydrogens (tertiary/aromatic N) is 2. The summed E-state index contributed by atoms with van der Waals surface area (Å²) < 4.78 is 0. The third-order valence-corrected chi connectivity index (χ3v) is 5.92. The van der Waals surface area contributed by atoms with Gasteiger partial charge in [0.15, 0.2) is 5.82 Å². The summed E-state index contributed by atoms with van der Waals surface area (Å²) in [6, 6.07) is 17.6. The highest BCUT2D eigenvalue weighted by molar-refractivity contribution is 5.92. The van der Waals surface area contributed by atoms with Crippen molar-refractivity contribution in [3.8, 4) is 11.3 Å². The molecule has 5 nitrogen and oxygen atoms in total. The lowest BCUT2D eigenvalue weighted by Gasteiger charge is -2.20. The molecule has 1 aromatic heterocycles. The van der Waals surface area contributed by atoms with Crippen molar-refractivity contribution in [3.05, 3.63) is 77.6 Å². The third kappa shape index (κ3) is 5.89. The van der Waals surface area contributed by atoms with E-state index >= 15 is 0 Å².